The van der Waals surface area contributed by atoms with Gasteiger partial charge in [0.25, 0.3) is 10.1 Å². The molecule has 0 unspecified atom stereocenters. The summed E-state index contributed by atoms with van der Waals surface area (Å²) in [6.07, 6.45) is -0.225. The Hall–Kier alpha value is 0.634. The molecular formula is C8H19LiO6S2Si. The van der Waals surface area contributed by atoms with Gasteiger partial charge < -0.3 is 8.42 Å². The van der Waals surface area contributed by atoms with Crippen LogP contribution in [0.3, 0.4) is 0 Å². The number of hydrogen-bond acceptors (Lipinski definition) is 6. The van der Waals surface area contributed by atoms with Crippen molar-refractivity contribution >= 4 is 28.6 Å². The molecule has 0 heterocycles. The van der Waals surface area contributed by atoms with E-state index in [0.29, 0.717) is 0 Å². The molecule has 0 aromatic carbocycles. The Balaban J connectivity index is 0. The van der Waals surface area contributed by atoms with Crippen molar-refractivity contribution in [3.63, 3.8) is 0 Å². The smallest absolute Gasteiger partial charge is 0.748 e. The van der Waals surface area contributed by atoms with Crippen molar-refractivity contribution in [1.29, 1.82) is 0 Å². The van der Waals surface area contributed by atoms with Gasteiger partial charge in [0.2, 0.25) is 8.32 Å². The van der Waals surface area contributed by atoms with E-state index in [1.165, 1.54) is 0 Å². The van der Waals surface area contributed by atoms with Crippen LogP contribution in [0.1, 0.15) is 20.3 Å². The van der Waals surface area contributed by atoms with Crippen LogP contribution in [0.4, 0.5) is 0 Å². The normalized spacial score (nSPS) is 13.4. The van der Waals surface area contributed by atoms with Crippen LogP contribution in [0.2, 0.25) is 18.6 Å². The molecule has 104 valence electrons. The van der Waals surface area contributed by atoms with Crippen molar-refractivity contribution in [3.05, 3.63) is 0 Å². The first kappa shape index (κ1) is 20.9. The Morgan fingerprint density at radius 3 is 1.89 bits per heavy atom. The van der Waals surface area contributed by atoms with Gasteiger partial charge in [-0.05, 0) is 25.1 Å². The fourth-order valence-corrected chi connectivity index (χ4v) is 5.78. The van der Waals surface area contributed by atoms with Crippen LogP contribution in [0.25, 0.3) is 0 Å². The Bertz CT molecular complexity index is 442. The van der Waals surface area contributed by atoms with Gasteiger partial charge in [0, 0.05) is 5.75 Å². The third-order valence-electron chi connectivity index (χ3n) is 2.52. The van der Waals surface area contributed by atoms with Crippen LogP contribution in [-0.4, -0.2) is 41.2 Å². The molecule has 0 rings (SSSR count). The summed E-state index contributed by atoms with van der Waals surface area (Å²) in [5.74, 6) is -1.11. The van der Waals surface area contributed by atoms with Gasteiger partial charge in [-0.2, -0.15) is 0 Å². The molecule has 0 aromatic heterocycles. The van der Waals surface area contributed by atoms with E-state index in [0.717, 1.165) is 0 Å². The third-order valence-corrected chi connectivity index (χ3v) is 9.61. The SMILES string of the molecule is CC(C)[Si](C)(C)OS(=O)(=O)CCCS(=O)(=O)[O-].[Li+]. The molecule has 0 radical (unpaired) electrons. The first-order valence-electron chi connectivity index (χ1n) is 5.22. The number of rotatable bonds is 7. The van der Waals surface area contributed by atoms with Crippen LogP contribution in [0.5, 0.6) is 0 Å². The maximum Gasteiger partial charge on any atom is 1.00 e. The number of hydrogen-bond donors (Lipinski definition) is 0. The van der Waals surface area contributed by atoms with Gasteiger partial charge in [-0.25, -0.2) is 16.8 Å². The van der Waals surface area contributed by atoms with E-state index in [2.05, 4.69) is 0 Å². The van der Waals surface area contributed by atoms with Crippen molar-refractivity contribution in [2.45, 2.75) is 38.9 Å². The predicted molar refractivity (Wildman–Crippen MR) is 66.6 cm³/mol. The van der Waals surface area contributed by atoms with Crippen LogP contribution >= 0.6 is 0 Å². The monoisotopic (exact) mass is 310 g/mol. The van der Waals surface area contributed by atoms with Crippen molar-refractivity contribution in [2.24, 2.45) is 0 Å². The standard InChI is InChI=1S/C8H20O6S2Si.Li/c1-8(2)17(3,4)14-16(12,13)7-5-6-15(9,10)11;/h8H,5-7H2,1-4H3,(H,9,10,11);/q;+1/p-1. The zero-order chi connectivity index (χ0) is 13.9. The van der Waals surface area contributed by atoms with Gasteiger partial charge in [-0.3, -0.25) is 0 Å². The molecule has 10 heteroatoms. The molecule has 0 aliphatic rings. The Morgan fingerprint density at radius 1 is 1.11 bits per heavy atom. The zero-order valence-electron chi connectivity index (χ0n) is 11.5. The second-order valence-electron chi connectivity index (χ2n) is 4.72. The fraction of sp³-hybridized carbons (Fsp3) is 1.00. The Morgan fingerprint density at radius 2 is 1.56 bits per heavy atom. The minimum atomic E-state index is -4.37. The Kier molecular flexibility index (Phi) is 8.64. The minimum Gasteiger partial charge on any atom is -0.748 e. The topological polar surface area (TPSA) is 101 Å². The van der Waals surface area contributed by atoms with Gasteiger partial charge in [0.15, 0.2) is 0 Å². The van der Waals surface area contributed by atoms with E-state index in [-0.39, 0.29) is 30.8 Å². The van der Waals surface area contributed by atoms with Gasteiger partial charge in [0.05, 0.1) is 15.9 Å². The fourth-order valence-electron chi connectivity index (χ4n) is 0.878. The average molecular weight is 310 g/mol. The van der Waals surface area contributed by atoms with Crippen LogP contribution in [0.15, 0.2) is 0 Å². The summed E-state index contributed by atoms with van der Waals surface area (Å²) in [5, 5.41) is 0. The second-order valence-corrected chi connectivity index (χ2v) is 12.8. The van der Waals surface area contributed by atoms with E-state index in [1.54, 1.807) is 13.1 Å². The summed E-state index contributed by atoms with van der Waals surface area (Å²) in [5.41, 5.74) is 0.125. The van der Waals surface area contributed by atoms with Crippen molar-refractivity contribution in [1.82, 2.24) is 0 Å². The summed E-state index contributed by atoms with van der Waals surface area (Å²) >= 11 is 0. The molecule has 0 N–H and O–H groups in total. The van der Waals surface area contributed by atoms with E-state index in [1.807, 2.05) is 13.8 Å². The van der Waals surface area contributed by atoms with Gasteiger partial charge in [0.1, 0.15) is 0 Å². The average Bonchev–Trinajstić information content (AvgIpc) is 1.97. The summed E-state index contributed by atoms with van der Waals surface area (Å²) in [6.45, 7) is 7.31. The molecule has 0 saturated carbocycles. The van der Waals surface area contributed by atoms with E-state index >= 15 is 0 Å². The van der Waals surface area contributed by atoms with Crippen molar-refractivity contribution < 1.29 is 44.1 Å². The third kappa shape index (κ3) is 9.55. The second kappa shape index (κ2) is 7.43. The molecule has 0 amide bonds. The van der Waals surface area contributed by atoms with Gasteiger partial charge in [-0.1, -0.05) is 13.8 Å². The molecule has 0 aromatic rings. The molecule has 0 atom stereocenters. The Labute approximate surface area is 123 Å². The van der Waals surface area contributed by atoms with Crippen molar-refractivity contribution in [3.8, 4) is 0 Å². The summed E-state index contributed by atoms with van der Waals surface area (Å²) in [7, 11) is -10.4. The molecule has 6 nitrogen and oxygen atoms in total. The molecule has 0 saturated heterocycles. The molecule has 0 aliphatic heterocycles. The molecule has 0 bridgehead atoms. The van der Waals surface area contributed by atoms with E-state index < -0.39 is 40.1 Å². The summed E-state index contributed by atoms with van der Waals surface area (Å²) < 4.78 is 59.2. The molecular weight excluding hydrogens is 291 g/mol. The van der Waals surface area contributed by atoms with E-state index in [4.69, 9.17) is 3.87 Å². The molecule has 18 heavy (non-hydrogen) atoms. The van der Waals surface area contributed by atoms with Crippen molar-refractivity contribution in [2.75, 3.05) is 11.5 Å². The molecule has 0 fully saturated rings. The predicted octanol–water partition coefficient (Wildman–Crippen LogP) is -2.11. The molecule has 0 spiro atoms. The largest absolute Gasteiger partial charge is 1.00 e. The zero-order valence-corrected chi connectivity index (χ0v) is 14.1. The maximum absolute atomic E-state index is 11.6. The minimum absolute atomic E-state index is 0. The quantitative estimate of drug-likeness (QED) is 0.394. The van der Waals surface area contributed by atoms with E-state index in [9.17, 15) is 21.4 Å². The maximum atomic E-state index is 11.6. The van der Waals surface area contributed by atoms with Crippen LogP contribution < -0.4 is 18.9 Å². The van der Waals surface area contributed by atoms with Crippen LogP contribution in [0, 0.1) is 0 Å². The summed E-state index contributed by atoms with van der Waals surface area (Å²) in [4.78, 5) is 0. The van der Waals surface area contributed by atoms with Gasteiger partial charge in [-0.15, -0.1) is 0 Å². The first-order chi connectivity index (χ1) is 7.36. The van der Waals surface area contributed by atoms with Gasteiger partial charge >= 0.3 is 18.9 Å². The van der Waals surface area contributed by atoms with Crippen LogP contribution in [-0.2, 0) is 24.1 Å². The first-order valence-corrected chi connectivity index (χ1v) is 11.4. The molecule has 0 aliphatic carbocycles. The summed E-state index contributed by atoms with van der Waals surface area (Å²) in [6, 6.07) is 0.